The summed E-state index contributed by atoms with van der Waals surface area (Å²) in [5.41, 5.74) is 10.5. The summed E-state index contributed by atoms with van der Waals surface area (Å²) in [4.78, 5) is 24.3. The van der Waals surface area contributed by atoms with Gasteiger partial charge in [-0.15, -0.1) is 0 Å². The van der Waals surface area contributed by atoms with E-state index in [0.29, 0.717) is 12.1 Å². The molecule has 0 aliphatic carbocycles. The molecule has 3 aromatic carbocycles. The lowest BCUT2D eigenvalue weighted by molar-refractivity contribution is 0.1000. The molecule has 1 aromatic heterocycles. The van der Waals surface area contributed by atoms with E-state index in [1.54, 1.807) is 10.6 Å². The zero-order chi connectivity index (χ0) is 21.1. The maximum atomic E-state index is 12.9. The minimum Gasteiger partial charge on any atom is -0.366 e. The number of pyridine rings is 1. The monoisotopic (exact) mass is 396 g/mol. The molecule has 4 rings (SSSR count). The summed E-state index contributed by atoms with van der Waals surface area (Å²) in [6.45, 7) is 2.60. The SMILES string of the molecule is Cc1ccc(C(N)=O)cc1CCc1ccc2c(=O)n(Cc3ccccc3)ccc2c1. The van der Waals surface area contributed by atoms with Crippen LogP contribution in [0.2, 0.25) is 0 Å². The second-order valence-electron chi connectivity index (χ2n) is 7.66. The van der Waals surface area contributed by atoms with Crippen molar-refractivity contribution in [1.29, 1.82) is 0 Å². The number of nitrogens with two attached hydrogens (primary N) is 1. The molecule has 0 unspecified atom stereocenters. The maximum Gasteiger partial charge on any atom is 0.258 e. The van der Waals surface area contributed by atoms with Gasteiger partial charge in [0.2, 0.25) is 5.91 Å². The lowest BCUT2D eigenvalue weighted by Crippen LogP contribution is -2.20. The summed E-state index contributed by atoms with van der Waals surface area (Å²) < 4.78 is 1.75. The molecule has 0 atom stereocenters. The van der Waals surface area contributed by atoms with Crippen molar-refractivity contribution in [3.63, 3.8) is 0 Å². The number of carbonyl (C=O) groups excluding carboxylic acids is 1. The van der Waals surface area contributed by atoms with Crippen LogP contribution in [0.5, 0.6) is 0 Å². The fraction of sp³-hybridized carbons (Fsp3) is 0.154. The zero-order valence-corrected chi connectivity index (χ0v) is 17.0. The summed E-state index contributed by atoms with van der Waals surface area (Å²) in [6, 6.07) is 23.6. The normalized spacial score (nSPS) is 11.0. The van der Waals surface area contributed by atoms with Crippen LogP contribution in [-0.4, -0.2) is 10.5 Å². The van der Waals surface area contributed by atoms with E-state index in [9.17, 15) is 9.59 Å². The van der Waals surface area contributed by atoms with Crippen LogP contribution in [0.4, 0.5) is 0 Å². The first-order valence-corrected chi connectivity index (χ1v) is 10.1. The third-order valence-electron chi connectivity index (χ3n) is 5.55. The number of hydrogen-bond donors (Lipinski definition) is 1. The maximum absolute atomic E-state index is 12.9. The number of aryl methyl sites for hydroxylation is 3. The van der Waals surface area contributed by atoms with E-state index in [4.69, 9.17) is 5.73 Å². The Hall–Kier alpha value is -3.66. The predicted octanol–water partition coefficient (Wildman–Crippen LogP) is 4.24. The lowest BCUT2D eigenvalue weighted by atomic mass is 9.97. The quantitative estimate of drug-likeness (QED) is 0.530. The van der Waals surface area contributed by atoms with E-state index < -0.39 is 5.91 Å². The molecular formula is C26H24N2O2. The highest BCUT2D eigenvalue weighted by molar-refractivity contribution is 5.93. The molecule has 0 saturated carbocycles. The Morgan fingerprint density at radius 2 is 1.70 bits per heavy atom. The van der Waals surface area contributed by atoms with Crippen molar-refractivity contribution in [3.05, 3.63) is 117 Å². The third-order valence-corrected chi connectivity index (χ3v) is 5.55. The van der Waals surface area contributed by atoms with Gasteiger partial charge in [0.15, 0.2) is 0 Å². The van der Waals surface area contributed by atoms with Gasteiger partial charge in [0, 0.05) is 17.1 Å². The molecular weight excluding hydrogens is 372 g/mol. The summed E-state index contributed by atoms with van der Waals surface area (Å²) in [5, 5.41) is 1.67. The number of nitrogens with zero attached hydrogens (tertiary/aromatic N) is 1. The molecule has 0 spiro atoms. The van der Waals surface area contributed by atoms with Crippen molar-refractivity contribution in [2.45, 2.75) is 26.3 Å². The number of carbonyl (C=O) groups is 1. The number of hydrogen-bond acceptors (Lipinski definition) is 2. The Bertz CT molecular complexity index is 1270. The van der Waals surface area contributed by atoms with E-state index in [1.807, 2.05) is 73.8 Å². The van der Waals surface area contributed by atoms with Gasteiger partial charge in [0.1, 0.15) is 0 Å². The molecule has 1 amide bonds. The molecule has 0 aliphatic rings. The van der Waals surface area contributed by atoms with E-state index in [2.05, 4.69) is 6.07 Å². The first-order valence-electron chi connectivity index (χ1n) is 10.1. The van der Waals surface area contributed by atoms with Gasteiger partial charge >= 0.3 is 0 Å². The molecule has 4 heteroatoms. The van der Waals surface area contributed by atoms with Crippen molar-refractivity contribution in [1.82, 2.24) is 4.57 Å². The molecule has 0 saturated heterocycles. The number of primary amides is 1. The van der Waals surface area contributed by atoms with E-state index >= 15 is 0 Å². The second-order valence-corrected chi connectivity index (χ2v) is 7.66. The molecule has 4 aromatic rings. The summed E-state index contributed by atoms with van der Waals surface area (Å²) in [7, 11) is 0. The molecule has 0 radical (unpaired) electrons. The van der Waals surface area contributed by atoms with Crippen LogP contribution >= 0.6 is 0 Å². The van der Waals surface area contributed by atoms with Crippen LogP contribution in [-0.2, 0) is 19.4 Å². The Labute approximate surface area is 175 Å². The van der Waals surface area contributed by atoms with Gasteiger partial charge in [-0.2, -0.15) is 0 Å². The van der Waals surface area contributed by atoms with Gasteiger partial charge in [-0.25, -0.2) is 0 Å². The number of fused-ring (bicyclic) bond motifs is 1. The van der Waals surface area contributed by atoms with Crippen LogP contribution in [0.1, 0.15) is 32.6 Å². The molecule has 30 heavy (non-hydrogen) atoms. The standard InChI is InChI=1S/C26H24N2O2/c1-18-7-10-23(25(27)29)16-21(18)11-8-19-9-12-24-22(15-19)13-14-28(26(24)30)17-20-5-3-2-4-6-20/h2-7,9-10,12-16H,8,11,17H2,1H3,(H2,27,29). The van der Waals surface area contributed by atoms with Crippen molar-refractivity contribution < 1.29 is 4.79 Å². The fourth-order valence-corrected chi connectivity index (χ4v) is 3.77. The van der Waals surface area contributed by atoms with Crippen LogP contribution in [0.3, 0.4) is 0 Å². The van der Waals surface area contributed by atoms with Crippen LogP contribution in [0, 0.1) is 6.92 Å². The first-order chi connectivity index (χ1) is 14.5. The van der Waals surface area contributed by atoms with Crippen LogP contribution < -0.4 is 11.3 Å². The Balaban J connectivity index is 1.56. The smallest absolute Gasteiger partial charge is 0.258 e. The number of aromatic nitrogens is 1. The highest BCUT2D eigenvalue weighted by Gasteiger charge is 2.08. The average Bonchev–Trinajstić information content (AvgIpc) is 2.75. The zero-order valence-electron chi connectivity index (χ0n) is 17.0. The van der Waals surface area contributed by atoms with Crippen LogP contribution in [0.25, 0.3) is 10.8 Å². The van der Waals surface area contributed by atoms with E-state index in [1.165, 1.54) is 0 Å². The van der Waals surface area contributed by atoms with Crippen molar-refractivity contribution in [2.24, 2.45) is 5.73 Å². The Kier molecular flexibility index (Phi) is 5.48. The van der Waals surface area contributed by atoms with Crippen LogP contribution in [0.15, 0.2) is 83.8 Å². The molecule has 150 valence electrons. The van der Waals surface area contributed by atoms with Gasteiger partial charge in [0.05, 0.1) is 6.54 Å². The van der Waals surface area contributed by atoms with Crippen molar-refractivity contribution in [2.75, 3.05) is 0 Å². The summed E-state index contributed by atoms with van der Waals surface area (Å²) in [6.07, 6.45) is 3.50. The molecule has 0 aliphatic heterocycles. The van der Waals surface area contributed by atoms with E-state index in [0.717, 1.165) is 45.9 Å². The van der Waals surface area contributed by atoms with Gasteiger partial charge < -0.3 is 10.3 Å². The largest absolute Gasteiger partial charge is 0.366 e. The summed E-state index contributed by atoms with van der Waals surface area (Å²) in [5.74, 6) is -0.409. The number of rotatable bonds is 6. The molecule has 1 heterocycles. The first kappa shape index (κ1) is 19.6. The lowest BCUT2D eigenvalue weighted by Gasteiger charge is -2.10. The van der Waals surface area contributed by atoms with Gasteiger partial charge in [-0.05, 0) is 71.7 Å². The fourth-order valence-electron chi connectivity index (χ4n) is 3.77. The molecule has 4 nitrogen and oxygen atoms in total. The molecule has 0 fully saturated rings. The van der Waals surface area contributed by atoms with Crippen molar-refractivity contribution >= 4 is 16.7 Å². The second kappa shape index (κ2) is 8.37. The van der Waals surface area contributed by atoms with Crippen molar-refractivity contribution in [3.8, 4) is 0 Å². The Morgan fingerprint density at radius 3 is 2.47 bits per heavy atom. The van der Waals surface area contributed by atoms with Gasteiger partial charge in [-0.3, -0.25) is 9.59 Å². The predicted molar refractivity (Wildman–Crippen MR) is 121 cm³/mol. The van der Waals surface area contributed by atoms with Gasteiger partial charge in [-0.1, -0.05) is 48.5 Å². The Morgan fingerprint density at radius 1 is 0.900 bits per heavy atom. The summed E-state index contributed by atoms with van der Waals surface area (Å²) >= 11 is 0. The highest BCUT2D eigenvalue weighted by atomic mass is 16.1. The molecule has 0 bridgehead atoms. The minimum atomic E-state index is -0.409. The van der Waals surface area contributed by atoms with Gasteiger partial charge in [0.25, 0.3) is 5.56 Å². The number of benzene rings is 3. The topological polar surface area (TPSA) is 65.1 Å². The third kappa shape index (κ3) is 4.18. The molecule has 2 N–H and O–H groups in total. The minimum absolute atomic E-state index is 0.0212. The average molecular weight is 396 g/mol. The number of amides is 1. The van der Waals surface area contributed by atoms with E-state index in [-0.39, 0.29) is 5.56 Å². The highest BCUT2D eigenvalue weighted by Crippen LogP contribution is 2.18.